The van der Waals surface area contributed by atoms with Crippen LogP contribution in [0.3, 0.4) is 0 Å². The van der Waals surface area contributed by atoms with Crippen molar-refractivity contribution in [2.45, 2.75) is 33.4 Å². The highest BCUT2D eigenvalue weighted by molar-refractivity contribution is 9.10. The van der Waals surface area contributed by atoms with E-state index >= 15 is 0 Å². The Morgan fingerprint density at radius 1 is 1.00 bits per heavy atom. The summed E-state index contributed by atoms with van der Waals surface area (Å²) in [5, 5.41) is 3.29. The molecule has 0 heterocycles. The third-order valence-electron chi connectivity index (χ3n) is 3.32. The summed E-state index contributed by atoms with van der Waals surface area (Å²) in [6.07, 6.45) is 1.11. The van der Waals surface area contributed by atoms with E-state index in [0.717, 1.165) is 17.4 Å². The van der Waals surface area contributed by atoms with E-state index in [4.69, 9.17) is 0 Å². The Morgan fingerprint density at radius 2 is 1.67 bits per heavy atom. The molecule has 0 aromatic heterocycles. The number of halogens is 2. The zero-order valence-electron chi connectivity index (χ0n) is 12.5. The van der Waals surface area contributed by atoms with E-state index < -0.39 is 0 Å². The molecule has 1 N–H and O–H groups in total. The van der Waals surface area contributed by atoms with Gasteiger partial charge in [0, 0.05) is 23.1 Å². The molecule has 3 heteroatoms. The Hall–Kier alpha value is -1.19. The third kappa shape index (κ3) is 5.25. The molecule has 0 spiro atoms. The largest absolute Gasteiger partial charge is 0.309 e. The Labute approximate surface area is 134 Å². The predicted octanol–water partition coefficient (Wildman–Crippen LogP) is 5.08. The van der Waals surface area contributed by atoms with Crippen molar-refractivity contribution in [1.82, 2.24) is 5.32 Å². The van der Waals surface area contributed by atoms with Gasteiger partial charge in [-0.3, -0.25) is 0 Å². The fourth-order valence-corrected chi connectivity index (χ4v) is 2.69. The minimum Gasteiger partial charge on any atom is -0.309 e. The van der Waals surface area contributed by atoms with Gasteiger partial charge in [-0.05, 0) is 41.7 Å². The van der Waals surface area contributed by atoms with Crippen molar-refractivity contribution >= 4 is 15.9 Å². The molecular formula is C18H21BrFN. The molecule has 0 saturated carbocycles. The highest BCUT2D eigenvalue weighted by Crippen LogP contribution is 2.15. The second-order valence-corrected chi connectivity index (χ2v) is 6.67. The van der Waals surface area contributed by atoms with Gasteiger partial charge in [0.05, 0.1) is 0 Å². The number of rotatable bonds is 6. The molecule has 0 fully saturated rings. The molecule has 1 nitrogen and oxygen atoms in total. The maximum atomic E-state index is 13.6. The van der Waals surface area contributed by atoms with Crippen LogP contribution in [0.5, 0.6) is 0 Å². The molecule has 0 aliphatic heterocycles. The molecule has 0 amide bonds. The second kappa shape index (κ2) is 7.71. The molecule has 2 rings (SSSR count). The molecule has 0 atom stereocenters. The topological polar surface area (TPSA) is 12.0 Å². The normalized spacial score (nSPS) is 11.1. The van der Waals surface area contributed by atoms with Crippen LogP contribution in [0.1, 0.15) is 30.5 Å². The van der Waals surface area contributed by atoms with Crippen molar-refractivity contribution in [2.75, 3.05) is 0 Å². The monoisotopic (exact) mass is 349 g/mol. The van der Waals surface area contributed by atoms with Gasteiger partial charge < -0.3 is 5.32 Å². The minimum absolute atomic E-state index is 0.169. The first-order chi connectivity index (χ1) is 10.0. The van der Waals surface area contributed by atoms with Gasteiger partial charge in [0.1, 0.15) is 5.82 Å². The predicted molar refractivity (Wildman–Crippen MR) is 89.6 cm³/mol. The molecule has 2 aromatic rings. The van der Waals surface area contributed by atoms with Gasteiger partial charge in [0.2, 0.25) is 0 Å². The quantitative estimate of drug-likeness (QED) is 0.766. The van der Waals surface area contributed by atoms with Gasteiger partial charge in [0.15, 0.2) is 0 Å². The maximum absolute atomic E-state index is 13.6. The Bertz CT molecular complexity index is 578. The number of hydrogen-bond donors (Lipinski definition) is 1. The zero-order chi connectivity index (χ0) is 15.2. The zero-order valence-corrected chi connectivity index (χ0v) is 14.1. The second-order valence-electron chi connectivity index (χ2n) is 5.75. The lowest BCUT2D eigenvalue weighted by atomic mass is 10.0. The highest BCUT2D eigenvalue weighted by atomic mass is 79.9. The van der Waals surface area contributed by atoms with Crippen molar-refractivity contribution in [3.63, 3.8) is 0 Å². The van der Waals surface area contributed by atoms with Gasteiger partial charge >= 0.3 is 0 Å². The molecule has 112 valence electrons. The van der Waals surface area contributed by atoms with E-state index in [9.17, 15) is 4.39 Å². The number of nitrogens with one attached hydrogen (secondary N) is 1. The van der Waals surface area contributed by atoms with Crippen molar-refractivity contribution in [3.05, 3.63) is 69.4 Å². The van der Waals surface area contributed by atoms with Crippen LogP contribution in [0.4, 0.5) is 4.39 Å². The van der Waals surface area contributed by atoms with Gasteiger partial charge in [-0.15, -0.1) is 0 Å². The maximum Gasteiger partial charge on any atom is 0.127 e. The van der Waals surface area contributed by atoms with Crippen LogP contribution in [0.2, 0.25) is 0 Å². The molecule has 2 aromatic carbocycles. The van der Waals surface area contributed by atoms with Crippen LogP contribution < -0.4 is 5.32 Å². The molecule has 0 radical (unpaired) electrons. The van der Waals surface area contributed by atoms with E-state index in [1.807, 2.05) is 6.07 Å². The minimum atomic E-state index is -0.169. The fraction of sp³-hybridized carbons (Fsp3) is 0.333. The van der Waals surface area contributed by atoms with Gasteiger partial charge in [0.25, 0.3) is 0 Å². The molecule has 0 unspecified atom stereocenters. The van der Waals surface area contributed by atoms with Crippen LogP contribution in [0, 0.1) is 11.7 Å². The van der Waals surface area contributed by atoms with E-state index in [0.29, 0.717) is 18.0 Å². The van der Waals surface area contributed by atoms with Crippen LogP contribution in [-0.4, -0.2) is 0 Å². The Kier molecular flexibility index (Phi) is 5.95. The average molecular weight is 350 g/mol. The SMILES string of the molecule is CC(C)Cc1ccc(CNCc2cc(Br)ccc2F)cc1. The summed E-state index contributed by atoms with van der Waals surface area (Å²) in [5.41, 5.74) is 3.27. The van der Waals surface area contributed by atoms with Crippen LogP contribution in [0.25, 0.3) is 0 Å². The van der Waals surface area contributed by atoms with Gasteiger partial charge in [-0.2, -0.15) is 0 Å². The standard InChI is InChI=1S/C18H21BrFN/c1-13(2)9-14-3-5-15(6-4-14)11-21-12-16-10-17(19)7-8-18(16)20/h3-8,10,13,21H,9,11-12H2,1-2H3. The average Bonchev–Trinajstić information content (AvgIpc) is 2.44. The fourth-order valence-electron chi connectivity index (χ4n) is 2.28. The van der Waals surface area contributed by atoms with Gasteiger partial charge in [-0.1, -0.05) is 54.0 Å². The summed E-state index contributed by atoms with van der Waals surface area (Å²) in [6, 6.07) is 13.7. The van der Waals surface area contributed by atoms with Crippen LogP contribution in [0.15, 0.2) is 46.9 Å². The van der Waals surface area contributed by atoms with E-state index in [1.54, 1.807) is 6.07 Å². The first-order valence-corrected chi connectivity index (χ1v) is 8.06. The summed E-state index contributed by atoms with van der Waals surface area (Å²) < 4.78 is 14.5. The molecule has 21 heavy (non-hydrogen) atoms. The van der Waals surface area contributed by atoms with Crippen LogP contribution in [-0.2, 0) is 19.5 Å². The van der Waals surface area contributed by atoms with Crippen LogP contribution >= 0.6 is 15.9 Å². The highest BCUT2D eigenvalue weighted by Gasteiger charge is 2.03. The lowest BCUT2D eigenvalue weighted by molar-refractivity contribution is 0.587. The van der Waals surface area contributed by atoms with E-state index in [2.05, 4.69) is 59.4 Å². The first-order valence-electron chi connectivity index (χ1n) is 7.27. The van der Waals surface area contributed by atoms with Gasteiger partial charge in [-0.25, -0.2) is 4.39 Å². The smallest absolute Gasteiger partial charge is 0.127 e. The van der Waals surface area contributed by atoms with E-state index in [1.165, 1.54) is 17.2 Å². The summed E-state index contributed by atoms with van der Waals surface area (Å²) in [4.78, 5) is 0. The lowest BCUT2D eigenvalue weighted by Gasteiger charge is -2.09. The summed E-state index contributed by atoms with van der Waals surface area (Å²) in [5.74, 6) is 0.506. The molecule has 0 saturated heterocycles. The lowest BCUT2D eigenvalue weighted by Crippen LogP contribution is -2.13. The third-order valence-corrected chi connectivity index (χ3v) is 3.81. The summed E-state index contributed by atoms with van der Waals surface area (Å²) in [7, 11) is 0. The van der Waals surface area contributed by atoms with E-state index in [-0.39, 0.29) is 5.82 Å². The molecule has 0 bridgehead atoms. The Morgan fingerprint density at radius 3 is 2.33 bits per heavy atom. The number of benzene rings is 2. The molecular weight excluding hydrogens is 329 g/mol. The number of hydrogen-bond acceptors (Lipinski definition) is 1. The van der Waals surface area contributed by atoms with Crippen molar-refractivity contribution in [2.24, 2.45) is 5.92 Å². The summed E-state index contributed by atoms with van der Waals surface area (Å²) in [6.45, 7) is 5.72. The molecule has 0 aliphatic carbocycles. The van der Waals surface area contributed by atoms with Crippen molar-refractivity contribution in [1.29, 1.82) is 0 Å². The van der Waals surface area contributed by atoms with Crippen molar-refractivity contribution < 1.29 is 4.39 Å². The Balaban J connectivity index is 1.87. The first kappa shape index (κ1) is 16.2. The van der Waals surface area contributed by atoms with Crippen molar-refractivity contribution in [3.8, 4) is 0 Å². The molecule has 0 aliphatic rings. The summed E-state index contributed by atoms with van der Waals surface area (Å²) >= 11 is 3.37.